The lowest BCUT2D eigenvalue weighted by Crippen LogP contribution is -2.37. The molecule has 5 aromatic rings. The third-order valence-corrected chi connectivity index (χ3v) is 7.41. The number of carbonyl (C=O) groups is 1. The number of ether oxygens (including phenoxy) is 1. The van der Waals surface area contributed by atoms with Crippen LogP contribution in [0.4, 0.5) is 0 Å². The number of nitrogens with zero attached hydrogens (tertiary/aromatic N) is 5. The fourth-order valence-corrected chi connectivity index (χ4v) is 5.35. The minimum Gasteiger partial charge on any atom is -0.387 e. The van der Waals surface area contributed by atoms with E-state index in [4.69, 9.17) is 8.92 Å². The molecular weight excluding hydrogens is 518 g/mol. The van der Waals surface area contributed by atoms with Gasteiger partial charge in [-0.05, 0) is 18.1 Å². The molecule has 4 aromatic heterocycles. The Bertz CT molecular complexity index is 1740. The van der Waals surface area contributed by atoms with E-state index in [1.165, 1.54) is 17.2 Å². The molecule has 38 heavy (non-hydrogen) atoms. The number of rotatable bonds is 8. The van der Waals surface area contributed by atoms with Crippen molar-refractivity contribution < 1.29 is 32.3 Å². The molecule has 0 spiro atoms. The number of benzene rings is 1. The topological polar surface area (TPSA) is 186 Å². The molecular formula is C23H23N7O7S. The number of aromatic amines is 1. The highest BCUT2D eigenvalue weighted by Crippen LogP contribution is 2.32. The lowest BCUT2D eigenvalue weighted by Gasteiger charge is -2.16. The van der Waals surface area contributed by atoms with Gasteiger partial charge in [0.15, 0.2) is 23.0 Å². The predicted molar refractivity (Wildman–Crippen MR) is 132 cm³/mol. The van der Waals surface area contributed by atoms with Gasteiger partial charge in [0.2, 0.25) is 5.91 Å². The van der Waals surface area contributed by atoms with Gasteiger partial charge in [0.25, 0.3) is 0 Å². The highest BCUT2D eigenvalue weighted by molar-refractivity contribution is 7.85. The summed E-state index contributed by atoms with van der Waals surface area (Å²) in [6.45, 7) is -0.635. The van der Waals surface area contributed by atoms with E-state index < -0.39 is 47.4 Å². The number of imidazole rings is 2. The molecule has 0 unspecified atom stereocenters. The first kappa shape index (κ1) is 24.4. The van der Waals surface area contributed by atoms with Crippen LogP contribution in [0.15, 0.2) is 55.5 Å². The number of aryl methyl sites for hydroxylation is 1. The average Bonchev–Trinajstić information content (AvgIpc) is 3.67. The number of aliphatic hydroxyl groups is 2. The van der Waals surface area contributed by atoms with E-state index >= 15 is 0 Å². The summed E-state index contributed by atoms with van der Waals surface area (Å²) in [5.41, 5.74) is 3.17. The van der Waals surface area contributed by atoms with Crippen LogP contribution in [-0.4, -0.2) is 78.4 Å². The molecule has 0 aliphatic carbocycles. The smallest absolute Gasteiger partial charge is 0.362 e. The van der Waals surface area contributed by atoms with Gasteiger partial charge in [0.05, 0.1) is 12.9 Å². The number of H-pyrrole nitrogens is 1. The summed E-state index contributed by atoms with van der Waals surface area (Å²) in [6.07, 6.45) is 3.01. The lowest BCUT2D eigenvalue weighted by atomic mass is 10.1. The largest absolute Gasteiger partial charge is 0.387 e. The van der Waals surface area contributed by atoms with Crippen molar-refractivity contribution in [3.63, 3.8) is 0 Å². The first-order valence-corrected chi connectivity index (χ1v) is 13.1. The van der Waals surface area contributed by atoms with Crippen LogP contribution in [0.25, 0.3) is 27.7 Å². The molecule has 0 bridgehead atoms. The SMILES string of the molecule is O=C(CCc1c[nH]c2ccccc12)NS(=O)(=O)OC[C@H]1O[C@@H](n2cnc3c2ncn2ccnc32)[C@H](O)[C@@H]1O. The average molecular weight is 542 g/mol. The minimum atomic E-state index is -4.49. The molecule has 4 N–H and O–H groups in total. The lowest BCUT2D eigenvalue weighted by molar-refractivity contribution is -0.119. The van der Waals surface area contributed by atoms with Gasteiger partial charge in [-0.15, -0.1) is 0 Å². The summed E-state index contributed by atoms with van der Waals surface area (Å²) < 4.78 is 40.3. The molecule has 1 aliphatic rings. The van der Waals surface area contributed by atoms with E-state index in [0.717, 1.165) is 16.5 Å². The second kappa shape index (κ2) is 9.45. The Morgan fingerprint density at radius 2 is 1.97 bits per heavy atom. The Kier molecular flexibility index (Phi) is 6.08. The molecule has 1 saturated heterocycles. The number of hydrogen-bond acceptors (Lipinski definition) is 10. The maximum atomic E-state index is 12.3. The third kappa shape index (κ3) is 4.39. The van der Waals surface area contributed by atoms with Gasteiger partial charge < -0.3 is 19.9 Å². The first-order valence-electron chi connectivity index (χ1n) is 11.7. The Balaban J connectivity index is 1.07. The number of aliphatic hydroxyl groups excluding tert-OH is 2. The molecule has 4 atom stereocenters. The van der Waals surface area contributed by atoms with Gasteiger partial charge in [-0.3, -0.25) is 17.9 Å². The van der Waals surface area contributed by atoms with Crippen molar-refractivity contribution in [3.05, 3.63) is 61.1 Å². The van der Waals surface area contributed by atoms with Crippen LogP contribution in [0.3, 0.4) is 0 Å². The van der Waals surface area contributed by atoms with Crippen LogP contribution in [0.1, 0.15) is 18.2 Å². The van der Waals surface area contributed by atoms with Crippen molar-refractivity contribution in [1.29, 1.82) is 0 Å². The molecule has 1 amide bonds. The number of nitrogens with one attached hydrogen (secondary N) is 2. The van der Waals surface area contributed by atoms with Crippen LogP contribution >= 0.6 is 0 Å². The summed E-state index contributed by atoms with van der Waals surface area (Å²) in [5, 5.41) is 22.0. The zero-order valence-corrected chi connectivity index (χ0v) is 20.5. The van der Waals surface area contributed by atoms with Crippen LogP contribution in [0.2, 0.25) is 0 Å². The van der Waals surface area contributed by atoms with E-state index in [2.05, 4.69) is 19.9 Å². The molecule has 0 saturated carbocycles. The first-order chi connectivity index (χ1) is 18.3. The fraction of sp³-hybridized carbons (Fsp3) is 0.304. The molecule has 198 valence electrons. The number of hydrogen-bond donors (Lipinski definition) is 4. The zero-order valence-electron chi connectivity index (χ0n) is 19.7. The van der Waals surface area contributed by atoms with E-state index in [-0.39, 0.29) is 6.42 Å². The van der Waals surface area contributed by atoms with Crippen molar-refractivity contribution in [2.45, 2.75) is 37.4 Å². The molecule has 1 fully saturated rings. The van der Waals surface area contributed by atoms with E-state index in [9.17, 15) is 23.4 Å². The molecule has 15 heteroatoms. The van der Waals surface area contributed by atoms with Crippen LogP contribution < -0.4 is 4.72 Å². The number of fused-ring (bicyclic) bond motifs is 4. The predicted octanol–water partition coefficient (Wildman–Crippen LogP) is 0.190. The Labute approximate surface area is 215 Å². The van der Waals surface area contributed by atoms with E-state index in [1.807, 2.05) is 29.0 Å². The van der Waals surface area contributed by atoms with Gasteiger partial charge in [-0.1, -0.05) is 18.2 Å². The van der Waals surface area contributed by atoms with Gasteiger partial charge in [0, 0.05) is 35.9 Å². The fourth-order valence-electron chi connectivity index (χ4n) is 4.59. The van der Waals surface area contributed by atoms with Crippen molar-refractivity contribution in [1.82, 2.24) is 33.6 Å². The molecule has 1 aliphatic heterocycles. The number of amides is 1. The van der Waals surface area contributed by atoms with Crippen LogP contribution in [0.5, 0.6) is 0 Å². The maximum Gasteiger partial charge on any atom is 0.362 e. The van der Waals surface area contributed by atoms with Gasteiger partial charge in [-0.2, -0.15) is 8.42 Å². The number of carbonyl (C=O) groups excluding carboxylic acids is 1. The summed E-state index contributed by atoms with van der Waals surface area (Å²) in [6, 6.07) is 7.58. The van der Waals surface area contributed by atoms with E-state index in [0.29, 0.717) is 23.2 Å². The molecule has 6 rings (SSSR count). The Morgan fingerprint density at radius 3 is 2.84 bits per heavy atom. The zero-order chi connectivity index (χ0) is 26.4. The molecule has 0 radical (unpaired) electrons. The van der Waals surface area contributed by atoms with Crippen LogP contribution in [0, 0.1) is 0 Å². The van der Waals surface area contributed by atoms with Gasteiger partial charge in [-0.25, -0.2) is 19.7 Å². The summed E-state index contributed by atoms with van der Waals surface area (Å²) in [7, 11) is -4.49. The van der Waals surface area contributed by atoms with Gasteiger partial charge >= 0.3 is 10.3 Å². The van der Waals surface area contributed by atoms with Crippen molar-refractivity contribution in [3.8, 4) is 0 Å². The molecule has 1 aromatic carbocycles. The number of aromatic nitrogens is 6. The quantitative estimate of drug-likeness (QED) is 0.211. The van der Waals surface area contributed by atoms with Crippen LogP contribution in [-0.2, 0) is 30.4 Å². The third-order valence-electron chi connectivity index (χ3n) is 6.49. The minimum absolute atomic E-state index is 0.0850. The Hall–Kier alpha value is -3.89. The van der Waals surface area contributed by atoms with Crippen molar-refractivity contribution >= 4 is 43.9 Å². The molecule has 14 nitrogen and oxygen atoms in total. The van der Waals surface area contributed by atoms with Crippen molar-refractivity contribution in [2.75, 3.05) is 6.61 Å². The summed E-state index contributed by atoms with van der Waals surface area (Å²) in [4.78, 5) is 28.2. The van der Waals surface area contributed by atoms with Gasteiger partial charge in [0.1, 0.15) is 24.6 Å². The normalized spacial score (nSPS) is 22.1. The second-order valence-electron chi connectivity index (χ2n) is 8.90. The van der Waals surface area contributed by atoms with E-state index in [1.54, 1.807) is 23.0 Å². The number of para-hydroxylation sites is 1. The molecule has 5 heterocycles. The standard InChI is InChI=1S/C23H23N7O7S/c31-17(6-5-13-9-25-15-4-2-1-3-14(13)15)28-38(34,35)36-10-16-19(32)20(33)23(37-16)30-12-26-18-21-24-7-8-29(21)11-27-22(18)30/h1-4,7-9,11-12,16,19-20,23,25,32-33H,5-6,10H2,(H,28,31)/t16-,19-,20-,23-/m1/s1. The maximum absolute atomic E-state index is 12.3. The summed E-state index contributed by atoms with van der Waals surface area (Å²) >= 11 is 0. The summed E-state index contributed by atoms with van der Waals surface area (Å²) in [5.74, 6) is -0.748. The van der Waals surface area contributed by atoms with Crippen molar-refractivity contribution in [2.24, 2.45) is 0 Å². The highest BCUT2D eigenvalue weighted by Gasteiger charge is 2.45. The Morgan fingerprint density at radius 1 is 1.13 bits per heavy atom. The monoisotopic (exact) mass is 541 g/mol. The highest BCUT2D eigenvalue weighted by atomic mass is 32.2. The second-order valence-corrected chi connectivity index (χ2v) is 10.2.